The van der Waals surface area contributed by atoms with Gasteiger partial charge in [-0.1, -0.05) is 0 Å². The van der Waals surface area contributed by atoms with Crippen LogP contribution in [0.15, 0.2) is 21.9 Å². The number of methoxy groups -OCH3 is 2. The van der Waals surface area contributed by atoms with E-state index >= 15 is 0 Å². The third-order valence-corrected chi connectivity index (χ3v) is 3.49. The SMILES string of the molecule is COc1cc2c(cc1OC)=c1[nH][nH]c(=O)c1=NC(C)(C)C=2. The van der Waals surface area contributed by atoms with Gasteiger partial charge in [-0.3, -0.25) is 20.0 Å². The molecule has 0 spiro atoms. The Morgan fingerprint density at radius 3 is 2.43 bits per heavy atom. The first-order valence-corrected chi connectivity index (χ1v) is 6.61. The smallest absolute Gasteiger partial charge is 0.290 e. The lowest BCUT2D eigenvalue weighted by atomic mass is 10.0. The lowest BCUT2D eigenvalue weighted by Crippen LogP contribution is -2.27. The van der Waals surface area contributed by atoms with Gasteiger partial charge in [0.15, 0.2) is 16.9 Å². The minimum absolute atomic E-state index is 0.228. The van der Waals surface area contributed by atoms with Crippen molar-refractivity contribution in [1.82, 2.24) is 10.2 Å². The van der Waals surface area contributed by atoms with Gasteiger partial charge in [-0.25, -0.2) is 0 Å². The van der Waals surface area contributed by atoms with Gasteiger partial charge >= 0.3 is 0 Å². The molecule has 6 nitrogen and oxygen atoms in total. The Balaban J connectivity index is 2.64. The molecule has 1 aliphatic rings. The van der Waals surface area contributed by atoms with Crippen LogP contribution in [0.2, 0.25) is 0 Å². The maximum atomic E-state index is 11.9. The number of H-pyrrole nitrogens is 2. The summed E-state index contributed by atoms with van der Waals surface area (Å²) in [6, 6.07) is 3.75. The van der Waals surface area contributed by atoms with Crippen molar-refractivity contribution in [2.75, 3.05) is 14.2 Å². The van der Waals surface area contributed by atoms with E-state index in [0.29, 0.717) is 22.2 Å². The molecule has 21 heavy (non-hydrogen) atoms. The zero-order valence-corrected chi connectivity index (χ0v) is 12.4. The van der Waals surface area contributed by atoms with Gasteiger partial charge in [0.25, 0.3) is 5.56 Å². The Kier molecular flexibility index (Phi) is 2.90. The van der Waals surface area contributed by atoms with Crippen LogP contribution in [-0.4, -0.2) is 30.0 Å². The van der Waals surface area contributed by atoms with Crippen molar-refractivity contribution in [3.8, 4) is 11.5 Å². The van der Waals surface area contributed by atoms with E-state index in [0.717, 1.165) is 10.4 Å². The highest BCUT2D eigenvalue weighted by molar-refractivity contribution is 5.47. The van der Waals surface area contributed by atoms with Crippen LogP contribution in [0.1, 0.15) is 13.8 Å². The quantitative estimate of drug-likeness (QED) is 0.828. The van der Waals surface area contributed by atoms with E-state index in [-0.39, 0.29) is 5.56 Å². The Labute approximate surface area is 120 Å². The maximum absolute atomic E-state index is 11.9. The van der Waals surface area contributed by atoms with Gasteiger partial charge in [-0.05, 0) is 37.3 Å². The molecular formula is C15H17N3O3. The number of nitrogens with zero attached hydrogens (tertiary/aromatic N) is 1. The number of fused-ring (bicyclic) bond motifs is 2. The normalized spacial score (nSPS) is 15.0. The Hall–Kier alpha value is -2.50. The molecule has 0 fully saturated rings. The van der Waals surface area contributed by atoms with Crippen LogP contribution in [0, 0.1) is 10.6 Å². The van der Waals surface area contributed by atoms with Crippen LogP contribution in [0.25, 0.3) is 6.08 Å². The second-order valence-corrected chi connectivity index (χ2v) is 5.51. The predicted octanol–water partition coefficient (Wildman–Crippen LogP) is 0.199. The molecule has 0 bridgehead atoms. The molecule has 0 amide bonds. The number of hydrogen-bond donors (Lipinski definition) is 2. The second-order valence-electron chi connectivity index (χ2n) is 5.51. The highest BCUT2D eigenvalue weighted by Gasteiger charge is 2.17. The summed E-state index contributed by atoms with van der Waals surface area (Å²) in [6.07, 6.45) is 2.01. The first kappa shape index (κ1) is 13.5. The van der Waals surface area contributed by atoms with Gasteiger partial charge in [-0.2, -0.15) is 0 Å². The molecular weight excluding hydrogens is 270 g/mol. The fourth-order valence-corrected chi connectivity index (χ4v) is 2.58. The van der Waals surface area contributed by atoms with E-state index in [2.05, 4.69) is 15.2 Å². The van der Waals surface area contributed by atoms with Crippen molar-refractivity contribution in [3.63, 3.8) is 0 Å². The zero-order chi connectivity index (χ0) is 15.2. The number of rotatable bonds is 2. The molecule has 0 saturated heterocycles. The van der Waals surface area contributed by atoms with Crippen LogP contribution in [-0.2, 0) is 0 Å². The highest BCUT2D eigenvalue weighted by atomic mass is 16.5. The molecule has 1 aliphatic heterocycles. The maximum Gasteiger partial charge on any atom is 0.290 e. The standard InChI is InChI=1S/C15H17N3O3/c1-15(2)7-8-5-10(20-3)11(21-4)6-9(8)12-13(16-15)14(19)18-17-12/h5-7,17H,1-4H3,(H,18,19). The van der Waals surface area contributed by atoms with Gasteiger partial charge in [0, 0.05) is 5.22 Å². The molecule has 0 radical (unpaired) electrons. The lowest BCUT2D eigenvalue weighted by Gasteiger charge is -2.13. The molecule has 1 aromatic carbocycles. The first-order chi connectivity index (χ1) is 9.95. The summed E-state index contributed by atoms with van der Waals surface area (Å²) in [6.45, 7) is 3.91. The van der Waals surface area contributed by atoms with Crippen LogP contribution < -0.4 is 25.6 Å². The third-order valence-electron chi connectivity index (χ3n) is 3.49. The number of aromatic nitrogens is 2. The van der Waals surface area contributed by atoms with Gasteiger partial charge in [0.2, 0.25) is 0 Å². The Bertz CT molecular complexity index is 967. The molecule has 0 atom stereocenters. The van der Waals surface area contributed by atoms with Crippen molar-refractivity contribution in [2.24, 2.45) is 4.99 Å². The highest BCUT2D eigenvalue weighted by Crippen LogP contribution is 2.24. The average Bonchev–Trinajstić information content (AvgIpc) is 2.73. The molecule has 3 rings (SSSR count). The Morgan fingerprint density at radius 1 is 1.10 bits per heavy atom. The molecule has 0 aliphatic carbocycles. The molecule has 110 valence electrons. The van der Waals surface area contributed by atoms with E-state index in [4.69, 9.17) is 9.47 Å². The number of nitrogens with one attached hydrogen (secondary N) is 2. The summed E-state index contributed by atoms with van der Waals surface area (Å²) < 4.78 is 10.7. The van der Waals surface area contributed by atoms with Crippen LogP contribution in [0.3, 0.4) is 0 Å². The molecule has 2 N–H and O–H groups in total. The summed E-state index contributed by atoms with van der Waals surface area (Å²) >= 11 is 0. The summed E-state index contributed by atoms with van der Waals surface area (Å²) in [7, 11) is 3.18. The molecule has 6 heteroatoms. The van der Waals surface area contributed by atoms with Crippen molar-refractivity contribution < 1.29 is 9.47 Å². The molecule has 2 heterocycles. The van der Waals surface area contributed by atoms with Crippen LogP contribution >= 0.6 is 0 Å². The zero-order valence-electron chi connectivity index (χ0n) is 12.4. The molecule has 2 aromatic rings. The van der Waals surface area contributed by atoms with E-state index in [1.165, 1.54) is 0 Å². The minimum atomic E-state index is -0.491. The summed E-state index contributed by atoms with van der Waals surface area (Å²) in [5.41, 5.74) is -0.719. The fraction of sp³-hybridized carbons (Fsp3) is 0.333. The van der Waals surface area contributed by atoms with Gasteiger partial charge in [0.05, 0.1) is 25.1 Å². The number of benzene rings is 1. The third kappa shape index (κ3) is 2.12. The lowest BCUT2D eigenvalue weighted by molar-refractivity contribution is 0.354. The van der Waals surface area contributed by atoms with Gasteiger partial charge in [-0.15, -0.1) is 0 Å². The molecule has 0 saturated carbocycles. The summed E-state index contributed by atoms with van der Waals surface area (Å²) in [4.78, 5) is 16.5. The van der Waals surface area contributed by atoms with Crippen LogP contribution in [0.4, 0.5) is 0 Å². The fourth-order valence-electron chi connectivity index (χ4n) is 2.58. The first-order valence-electron chi connectivity index (χ1n) is 6.61. The monoisotopic (exact) mass is 287 g/mol. The second kappa shape index (κ2) is 4.51. The molecule has 1 aromatic heterocycles. The minimum Gasteiger partial charge on any atom is -0.493 e. The van der Waals surface area contributed by atoms with Crippen molar-refractivity contribution >= 4 is 6.08 Å². The Morgan fingerprint density at radius 2 is 1.76 bits per heavy atom. The van der Waals surface area contributed by atoms with Crippen LogP contribution in [0.5, 0.6) is 11.5 Å². The largest absolute Gasteiger partial charge is 0.493 e. The van der Waals surface area contributed by atoms with E-state index < -0.39 is 5.54 Å². The number of aromatic amines is 2. The molecule has 0 unspecified atom stereocenters. The van der Waals surface area contributed by atoms with Crippen molar-refractivity contribution in [3.05, 3.63) is 43.6 Å². The topological polar surface area (TPSA) is 79.5 Å². The van der Waals surface area contributed by atoms with E-state index in [1.54, 1.807) is 14.2 Å². The number of hydrogen-bond acceptors (Lipinski definition) is 4. The average molecular weight is 287 g/mol. The summed E-state index contributed by atoms with van der Waals surface area (Å²) in [5.74, 6) is 1.25. The van der Waals surface area contributed by atoms with Crippen molar-refractivity contribution in [1.29, 1.82) is 0 Å². The summed E-state index contributed by atoms with van der Waals surface area (Å²) in [5, 5.41) is 8.36. The van der Waals surface area contributed by atoms with Crippen molar-refractivity contribution in [2.45, 2.75) is 19.4 Å². The number of ether oxygens (including phenoxy) is 2. The van der Waals surface area contributed by atoms with E-state index in [1.807, 2.05) is 32.1 Å². The predicted molar refractivity (Wildman–Crippen MR) is 78.0 cm³/mol. The van der Waals surface area contributed by atoms with E-state index in [9.17, 15) is 4.79 Å². The van der Waals surface area contributed by atoms with Gasteiger partial charge < -0.3 is 9.47 Å². The van der Waals surface area contributed by atoms with Gasteiger partial charge in [0.1, 0.15) is 0 Å².